The van der Waals surface area contributed by atoms with Crippen molar-refractivity contribution >= 4 is 0 Å². The maximum atomic E-state index is 8.67. The number of para-hydroxylation sites is 4. The predicted octanol–water partition coefficient (Wildman–Crippen LogP) is 1.44. The quantitative estimate of drug-likeness (QED) is 0.285. The molecule has 0 heterocycles. The fraction of sp³-hybridized carbons (Fsp3) is 0. The van der Waals surface area contributed by atoms with Crippen molar-refractivity contribution in [1.29, 1.82) is 0 Å². The van der Waals surface area contributed by atoms with Crippen molar-refractivity contribution in [3.05, 3.63) is 63.4 Å². The van der Waals surface area contributed by atoms with Crippen molar-refractivity contribution in [2.45, 2.75) is 0 Å². The summed E-state index contributed by atoms with van der Waals surface area (Å²) in [6.45, 7) is 0. The summed E-state index contributed by atoms with van der Waals surface area (Å²) >= 11 is 0. The summed E-state index contributed by atoms with van der Waals surface area (Å²) in [6.07, 6.45) is 0. The van der Waals surface area contributed by atoms with Crippen LogP contribution in [0.25, 0.3) is 0 Å². The van der Waals surface area contributed by atoms with Gasteiger partial charge in [-0.2, -0.15) is 0 Å². The molecule has 0 aromatic heterocycles. The van der Waals surface area contributed by atoms with E-state index < -0.39 is 0 Å². The number of hydrogen-bond donors (Lipinski definition) is 4. The number of rotatable bonds is 0. The van der Waals surface area contributed by atoms with Gasteiger partial charge in [-0.25, -0.2) is 0 Å². The van der Waals surface area contributed by atoms with E-state index in [-0.39, 0.29) is 114 Å². The second-order valence-corrected chi connectivity index (χ2v) is 2.98. The molecule has 9 heteroatoms. The normalized spacial score (nSPS) is 6.26. The van der Waals surface area contributed by atoms with Gasteiger partial charge in [0.2, 0.25) is 0 Å². The van der Waals surface area contributed by atoms with E-state index in [1.165, 1.54) is 24.3 Å². The molecule has 0 fully saturated rings. The van der Waals surface area contributed by atoms with E-state index in [1.807, 2.05) is 0 Å². The first kappa shape index (κ1) is 43.4. The second-order valence-electron chi connectivity index (χ2n) is 2.98. The van der Waals surface area contributed by atoms with E-state index in [2.05, 4.69) is 0 Å². The standard InChI is InChI=1S/2C6H6O2.2CH3.2H2O.3Ti/c2*7-5-3-1-2-4-6(5)8;;;;;;;/h2*1-4,7-8H;2*1H3;2*1H2;;;/q;;2*-1;;;;;. The Bertz CT molecular complexity index is 386. The van der Waals surface area contributed by atoms with Gasteiger partial charge in [-0.3, -0.25) is 0 Å². The molecule has 2 aromatic carbocycles. The molecule has 0 aliphatic carbocycles. The molecule has 2 rings (SSSR count). The number of phenols is 4. The molecule has 0 aliphatic rings. The topological polar surface area (TPSA) is 144 Å². The molecular weight excluding hydrogens is 408 g/mol. The van der Waals surface area contributed by atoms with Crippen LogP contribution in [0.1, 0.15) is 0 Å². The summed E-state index contributed by atoms with van der Waals surface area (Å²) in [5, 5.41) is 34.7. The maximum Gasteiger partial charge on any atom is 0.157 e. The average molecular weight is 430 g/mol. The van der Waals surface area contributed by atoms with Crippen molar-refractivity contribution < 1.29 is 96.5 Å². The van der Waals surface area contributed by atoms with Crippen molar-refractivity contribution in [1.82, 2.24) is 0 Å². The Hall–Kier alpha value is -0.297. The molecule has 0 spiro atoms. The first-order valence-electron chi connectivity index (χ1n) is 4.55. The van der Waals surface area contributed by atoms with Crippen LogP contribution in [0, 0.1) is 14.9 Å². The fourth-order valence-corrected chi connectivity index (χ4v) is 0.928. The van der Waals surface area contributed by atoms with Gasteiger partial charge in [0, 0.05) is 65.2 Å². The van der Waals surface area contributed by atoms with Crippen molar-refractivity contribution in [2.75, 3.05) is 0 Å². The molecule has 6 nitrogen and oxygen atoms in total. The van der Waals surface area contributed by atoms with Crippen LogP contribution in [-0.4, -0.2) is 31.4 Å². The fourth-order valence-electron chi connectivity index (χ4n) is 0.928. The van der Waals surface area contributed by atoms with Gasteiger partial charge in [-0.05, 0) is 24.3 Å². The molecule has 0 radical (unpaired) electrons. The van der Waals surface area contributed by atoms with E-state index in [1.54, 1.807) is 24.3 Å². The van der Waals surface area contributed by atoms with Crippen LogP contribution in [0.5, 0.6) is 23.0 Å². The monoisotopic (exact) mass is 430 g/mol. The number of phenolic OH excluding ortho intramolecular Hbond substituents is 4. The van der Waals surface area contributed by atoms with Gasteiger partial charge in [0.25, 0.3) is 0 Å². The zero-order valence-corrected chi connectivity index (χ0v) is 17.6. The summed E-state index contributed by atoms with van der Waals surface area (Å²) in [4.78, 5) is 0. The van der Waals surface area contributed by atoms with Crippen molar-refractivity contribution in [3.8, 4) is 23.0 Å². The van der Waals surface area contributed by atoms with Gasteiger partial charge in [0.15, 0.2) is 23.0 Å². The van der Waals surface area contributed by atoms with Crippen LogP contribution in [0.4, 0.5) is 0 Å². The second kappa shape index (κ2) is 24.0. The van der Waals surface area contributed by atoms with Gasteiger partial charge in [-0.1, -0.05) is 24.3 Å². The van der Waals surface area contributed by atoms with Gasteiger partial charge in [0.05, 0.1) is 0 Å². The van der Waals surface area contributed by atoms with Crippen LogP contribution < -0.4 is 0 Å². The maximum absolute atomic E-state index is 8.67. The summed E-state index contributed by atoms with van der Waals surface area (Å²) < 4.78 is 0. The van der Waals surface area contributed by atoms with Crippen LogP contribution in [-0.2, 0) is 65.2 Å². The zero-order chi connectivity index (χ0) is 12.0. The van der Waals surface area contributed by atoms with E-state index in [9.17, 15) is 0 Å². The predicted molar refractivity (Wildman–Crippen MR) is 79.6 cm³/mol. The molecule has 0 saturated heterocycles. The molecule has 8 N–H and O–H groups in total. The third-order valence-electron chi connectivity index (χ3n) is 1.76. The number of aromatic hydroxyl groups is 4. The molecule has 0 saturated carbocycles. The number of benzene rings is 2. The first-order chi connectivity index (χ1) is 7.61. The summed E-state index contributed by atoms with van der Waals surface area (Å²) in [5.41, 5.74) is 0. The molecular formula is C14H22O6Ti3-2. The molecule has 23 heavy (non-hydrogen) atoms. The van der Waals surface area contributed by atoms with Crippen LogP contribution in [0.2, 0.25) is 0 Å². The molecule has 0 bridgehead atoms. The summed E-state index contributed by atoms with van der Waals surface area (Å²) in [7, 11) is 0. The Labute approximate surface area is 181 Å². The minimum atomic E-state index is -0.0764. The van der Waals surface area contributed by atoms with Crippen molar-refractivity contribution in [3.63, 3.8) is 0 Å². The van der Waals surface area contributed by atoms with Gasteiger partial charge < -0.3 is 46.2 Å². The van der Waals surface area contributed by atoms with E-state index in [4.69, 9.17) is 20.4 Å². The molecule has 0 unspecified atom stereocenters. The smallest absolute Gasteiger partial charge is 0.157 e. The molecule has 0 atom stereocenters. The van der Waals surface area contributed by atoms with E-state index >= 15 is 0 Å². The Morgan fingerprint density at radius 3 is 0.652 bits per heavy atom. The largest absolute Gasteiger partial charge is 0.504 e. The first-order valence-corrected chi connectivity index (χ1v) is 4.55. The SMILES string of the molecule is O.O.Oc1ccccc1O.Oc1ccccc1O.[CH3-].[CH3-].[Ti].[Ti].[Ti]. The Morgan fingerprint density at radius 1 is 0.435 bits per heavy atom. The Kier molecular flexibility index (Phi) is 45.2. The molecule has 0 amide bonds. The minimum Gasteiger partial charge on any atom is -0.504 e. The van der Waals surface area contributed by atoms with Crippen LogP contribution in [0.15, 0.2) is 48.5 Å². The minimum absolute atomic E-state index is 0. The third kappa shape index (κ3) is 17.9. The van der Waals surface area contributed by atoms with Gasteiger partial charge in [-0.15, -0.1) is 0 Å². The summed E-state index contributed by atoms with van der Waals surface area (Å²) in [5.74, 6) is -0.306. The zero-order valence-electron chi connectivity index (χ0n) is 12.9. The van der Waals surface area contributed by atoms with E-state index in [0.717, 1.165) is 0 Å². The van der Waals surface area contributed by atoms with Crippen molar-refractivity contribution in [2.24, 2.45) is 0 Å². The molecule has 0 aliphatic heterocycles. The van der Waals surface area contributed by atoms with Crippen LogP contribution >= 0.6 is 0 Å². The summed E-state index contributed by atoms with van der Waals surface area (Å²) in [6, 6.07) is 12.3. The average Bonchev–Trinajstić information content (AvgIpc) is 2.28. The van der Waals surface area contributed by atoms with E-state index in [0.29, 0.717) is 0 Å². The third-order valence-corrected chi connectivity index (χ3v) is 1.76. The Balaban J connectivity index is -0.0000000341. The van der Waals surface area contributed by atoms with Gasteiger partial charge in [0.1, 0.15) is 0 Å². The van der Waals surface area contributed by atoms with Crippen LogP contribution in [0.3, 0.4) is 0 Å². The number of hydrogen-bond acceptors (Lipinski definition) is 4. The Morgan fingerprint density at radius 2 is 0.565 bits per heavy atom. The van der Waals surface area contributed by atoms with Gasteiger partial charge >= 0.3 is 0 Å². The molecule has 128 valence electrons. The molecule has 2 aromatic rings.